The molecule has 1 aromatic heterocycles. The number of hydrogen-bond acceptors (Lipinski definition) is 2. The van der Waals surface area contributed by atoms with Gasteiger partial charge in [-0.2, -0.15) is 0 Å². The molecule has 0 aliphatic rings. The van der Waals surface area contributed by atoms with Gasteiger partial charge in [-0.3, -0.25) is 9.97 Å². The van der Waals surface area contributed by atoms with E-state index >= 15 is 0 Å². The highest BCUT2D eigenvalue weighted by Crippen LogP contribution is 2.20. The van der Waals surface area contributed by atoms with Gasteiger partial charge in [-0.15, -0.1) is 13.2 Å². The van der Waals surface area contributed by atoms with Crippen LogP contribution in [0.1, 0.15) is 24.5 Å². The van der Waals surface area contributed by atoms with Gasteiger partial charge in [-0.05, 0) is 12.8 Å². The Balaban J connectivity index is 2.75. The van der Waals surface area contributed by atoms with Crippen LogP contribution < -0.4 is 0 Å². The van der Waals surface area contributed by atoms with E-state index in [1.165, 1.54) is 0 Å². The summed E-state index contributed by atoms with van der Waals surface area (Å²) in [4.78, 5) is 8.30. The third-order valence-electron chi connectivity index (χ3n) is 1.90. The molecular weight excluding hydrogens is 160 g/mol. The lowest BCUT2D eigenvalue weighted by atomic mass is 9.98. The van der Waals surface area contributed by atoms with Crippen molar-refractivity contribution in [1.82, 2.24) is 9.97 Å². The van der Waals surface area contributed by atoms with E-state index in [9.17, 15) is 0 Å². The third kappa shape index (κ3) is 2.82. The van der Waals surface area contributed by atoms with Gasteiger partial charge in [0.25, 0.3) is 0 Å². The van der Waals surface area contributed by atoms with E-state index < -0.39 is 0 Å². The van der Waals surface area contributed by atoms with Crippen LogP contribution in [0.3, 0.4) is 0 Å². The smallest absolute Gasteiger partial charge is 0.0623 e. The Bertz CT molecular complexity index is 257. The standard InChI is InChI=1S/C11H14N2/c1-3-5-10(6-4-2)11-9-12-7-8-13-11/h3-4,7-10H,1-2,5-6H2. The fraction of sp³-hybridized carbons (Fsp3) is 0.273. The molecule has 0 saturated carbocycles. The number of allylic oxidation sites excluding steroid dienone is 2. The molecule has 0 aliphatic heterocycles. The van der Waals surface area contributed by atoms with Gasteiger partial charge in [-0.1, -0.05) is 12.2 Å². The van der Waals surface area contributed by atoms with Crippen molar-refractivity contribution < 1.29 is 0 Å². The molecule has 0 aromatic carbocycles. The van der Waals surface area contributed by atoms with E-state index in [-0.39, 0.29) is 0 Å². The average molecular weight is 174 g/mol. The molecule has 0 spiro atoms. The maximum absolute atomic E-state index is 4.26. The Morgan fingerprint density at radius 2 is 1.92 bits per heavy atom. The summed E-state index contributed by atoms with van der Waals surface area (Å²) < 4.78 is 0. The highest BCUT2D eigenvalue weighted by Gasteiger charge is 2.08. The van der Waals surface area contributed by atoms with Gasteiger partial charge in [0.2, 0.25) is 0 Å². The molecule has 1 aromatic rings. The van der Waals surface area contributed by atoms with E-state index in [0.29, 0.717) is 5.92 Å². The molecule has 1 rings (SSSR count). The number of nitrogens with zero attached hydrogens (tertiary/aromatic N) is 2. The summed E-state index contributed by atoms with van der Waals surface area (Å²) >= 11 is 0. The van der Waals surface area contributed by atoms with Crippen LogP contribution in [-0.4, -0.2) is 9.97 Å². The minimum absolute atomic E-state index is 0.378. The van der Waals surface area contributed by atoms with Gasteiger partial charge in [0, 0.05) is 24.5 Å². The predicted molar refractivity (Wildman–Crippen MR) is 54.4 cm³/mol. The molecule has 2 heteroatoms. The zero-order valence-electron chi connectivity index (χ0n) is 7.69. The van der Waals surface area contributed by atoms with Crippen molar-refractivity contribution in [3.8, 4) is 0 Å². The maximum Gasteiger partial charge on any atom is 0.0623 e. The van der Waals surface area contributed by atoms with Crippen LogP contribution >= 0.6 is 0 Å². The molecule has 13 heavy (non-hydrogen) atoms. The average Bonchev–Trinajstić information content (AvgIpc) is 2.19. The first-order valence-corrected chi connectivity index (χ1v) is 4.36. The SMILES string of the molecule is C=CCC(CC=C)c1cnccn1. The monoisotopic (exact) mass is 174 g/mol. The Morgan fingerprint density at radius 1 is 1.23 bits per heavy atom. The summed E-state index contributed by atoms with van der Waals surface area (Å²) in [5.41, 5.74) is 1.02. The minimum atomic E-state index is 0.378. The fourth-order valence-electron chi connectivity index (χ4n) is 1.26. The highest BCUT2D eigenvalue weighted by atomic mass is 14.8. The van der Waals surface area contributed by atoms with Crippen molar-refractivity contribution in [3.05, 3.63) is 49.6 Å². The molecule has 0 aliphatic carbocycles. The van der Waals surface area contributed by atoms with Crippen molar-refractivity contribution in [2.75, 3.05) is 0 Å². The van der Waals surface area contributed by atoms with Crippen molar-refractivity contribution >= 4 is 0 Å². The summed E-state index contributed by atoms with van der Waals surface area (Å²) in [7, 11) is 0. The van der Waals surface area contributed by atoms with Crippen LogP contribution in [0.5, 0.6) is 0 Å². The second kappa shape index (κ2) is 5.25. The van der Waals surface area contributed by atoms with Crippen LogP contribution in [0.2, 0.25) is 0 Å². The maximum atomic E-state index is 4.26. The van der Waals surface area contributed by atoms with Gasteiger partial charge in [0.15, 0.2) is 0 Å². The van der Waals surface area contributed by atoms with E-state index in [1.54, 1.807) is 18.6 Å². The van der Waals surface area contributed by atoms with Crippen LogP contribution in [0.25, 0.3) is 0 Å². The van der Waals surface area contributed by atoms with Crippen molar-refractivity contribution in [1.29, 1.82) is 0 Å². The first-order valence-electron chi connectivity index (χ1n) is 4.36. The molecule has 0 fully saturated rings. The molecule has 68 valence electrons. The predicted octanol–water partition coefficient (Wildman–Crippen LogP) is 2.71. The Hall–Kier alpha value is -1.44. The molecular formula is C11H14N2. The lowest BCUT2D eigenvalue weighted by Crippen LogP contribution is -1.99. The third-order valence-corrected chi connectivity index (χ3v) is 1.90. The zero-order valence-corrected chi connectivity index (χ0v) is 7.69. The summed E-state index contributed by atoms with van der Waals surface area (Å²) in [5, 5.41) is 0. The van der Waals surface area contributed by atoms with E-state index in [0.717, 1.165) is 18.5 Å². The van der Waals surface area contributed by atoms with Crippen molar-refractivity contribution in [3.63, 3.8) is 0 Å². The van der Waals surface area contributed by atoms with E-state index in [4.69, 9.17) is 0 Å². The van der Waals surface area contributed by atoms with Gasteiger partial charge in [0.05, 0.1) is 5.69 Å². The summed E-state index contributed by atoms with van der Waals surface area (Å²) in [6.07, 6.45) is 10.9. The van der Waals surface area contributed by atoms with Gasteiger partial charge in [0.1, 0.15) is 0 Å². The van der Waals surface area contributed by atoms with Crippen LogP contribution in [0.15, 0.2) is 43.9 Å². The normalized spacial score (nSPS) is 9.92. The van der Waals surface area contributed by atoms with Crippen LogP contribution in [0.4, 0.5) is 0 Å². The van der Waals surface area contributed by atoms with E-state index in [1.807, 2.05) is 12.2 Å². The molecule has 0 atom stereocenters. The Labute approximate surface area is 79.0 Å². The summed E-state index contributed by atoms with van der Waals surface area (Å²) in [5.74, 6) is 0.378. The number of aromatic nitrogens is 2. The lowest BCUT2D eigenvalue weighted by molar-refractivity contribution is 0.684. The van der Waals surface area contributed by atoms with Crippen molar-refractivity contribution in [2.45, 2.75) is 18.8 Å². The fourth-order valence-corrected chi connectivity index (χ4v) is 1.26. The molecule has 0 saturated heterocycles. The van der Waals surface area contributed by atoms with Gasteiger partial charge < -0.3 is 0 Å². The van der Waals surface area contributed by atoms with Crippen LogP contribution in [0, 0.1) is 0 Å². The molecule has 0 radical (unpaired) electrons. The first-order chi connectivity index (χ1) is 6.38. The second-order valence-electron chi connectivity index (χ2n) is 2.88. The van der Waals surface area contributed by atoms with Crippen LogP contribution in [-0.2, 0) is 0 Å². The number of rotatable bonds is 5. The van der Waals surface area contributed by atoms with Crippen molar-refractivity contribution in [2.24, 2.45) is 0 Å². The minimum Gasteiger partial charge on any atom is -0.261 e. The van der Waals surface area contributed by atoms with Gasteiger partial charge >= 0.3 is 0 Å². The quantitative estimate of drug-likeness (QED) is 0.641. The number of hydrogen-bond donors (Lipinski definition) is 0. The second-order valence-corrected chi connectivity index (χ2v) is 2.88. The van der Waals surface area contributed by atoms with Gasteiger partial charge in [-0.25, -0.2) is 0 Å². The lowest BCUT2D eigenvalue weighted by Gasteiger charge is -2.10. The summed E-state index contributed by atoms with van der Waals surface area (Å²) in [6.45, 7) is 7.45. The highest BCUT2D eigenvalue weighted by molar-refractivity contribution is 5.06. The molecule has 2 nitrogen and oxygen atoms in total. The molecule has 0 amide bonds. The zero-order chi connectivity index (χ0) is 9.52. The molecule has 0 N–H and O–H groups in total. The molecule has 0 unspecified atom stereocenters. The summed E-state index contributed by atoms with van der Waals surface area (Å²) in [6, 6.07) is 0. The topological polar surface area (TPSA) is 25.8 Å². The largest absolute Gasteiger partial charge is 0.261 e. The molecule has 0 bridgehead atoms. The Morgan fingerprint density at radius 3 is 2.38 bits per heavy atom. The molecule has 1 heterocycles. The van der Waals surface area contributed by atoms with E-state index in [2.05, 4.69) is 23.1 Å². The first kappa shape index (κ1) is 9.65. The Kier molecular flexibility index (Phi) is 3.89.